The summed E-state index contributed by atoms with van der Waals surface area (Å²) in [5, 5.41) is 0. The Balaban J connectivity index is 2.36. The fourth-order valence-corrected chi connectivity index (χ4v) is 14.1. The summed E-state index contributed by atoms with van der Waals surface area (Å²) in [6.45, 7) is 1.96. The van der Waals surface area contributed by atoms with Crippen molar-refractivity contribution in [3.8, 4) is 9.86 Å². The van der Waals surface area contributed by atoms with E-state index in [4.69, 9.17) is 0 Å². The second-order valence-electron chi connectivity index (χ2n) is 5.22. The van der Waals surface area contributed by atoms with Crippen molar-refractivity contribution in [2.75, 3.05) is 0 Å². The molecule has 1 heteroatoms. The Morgan fingerprint density at radius 3 is 1.14 bits per heavy atom. The van der Waals surface area contributed by atoms with Crippen LogP contribution in [0, 0.1) is 9.86 Å². The molecule has 0 unspecified atom stereocenters. The molecule has 0 aliphatic heterocycles. The SMILES string of the molecule is CC#[C][Sn]([c]1ccccc1)([c]1ccccc1)[c]1ccccc1. The third kappa shape index (κ3) is 2.69. The first-order chi connectivity index (χ1) is 10.9. The quantitative estimate of drug-likeness (QED) is 0.478. The Kier molecular flexibility index (Phi) is 4.65. The molecule has 0 N–H and O–H groups in total. The van der Waals surface area contributed by atoms with Crippen LogP contribution in [0.2, 0.25) is 0 Å². The first-order valence-electron chi connectivity index (χ1n) is 7.48. The van der Waals surface area contributed by atoms with E-state index in [9.17, 15) is 0 Å². The summed E-state index contributed by atoms with van der Waals surface area (Å²) < 4.78 is 7.92. The van der Waals surface area contributed by atoms with Gasteiger partial charge in [0.2, 0.25) is 0 Å². The van der Waals surface area contributed by atoms with Crippen LogP contribution in [0.4, 0.5) is 0 Å². The van der Waals surface area contributed by atoms with Crippen LogP contribution in [0.25, 0.3) is 0 Å². The fraction of sp³-hybridized carbons (Fsp3) is 0.0476. The van der Waals surface area contributed by atoms with Crippen molar-refractivity contribution in [3.63, 3.8) is 0 Å². The van der Waals surface area contributed by atoms with Gasteiger partial charge in [-0.25, -0.2) is 0 Å². The van der Waals surface area contributed by atoms with Crippen molar-refractivity contribution in [1.82, 2.24) is 0 Å². The zero-order valence-corrected chi connectivity index (χ0v) is 15.5. The van der Waals surface area contributed by atoms with E-state index >= 15 is 0 Å². The maximum absolute atomic E-state index is 3.70. The molecule has 0 radical (unpaired) electrons. The van der Waals surface area contributed by atoms with Crippen LogP contribution in [0.15, 0.2) is 91.0 Å². The normalized spacial score (nSPS) is 10.6. The zero-order chi connectivity index (χ0) is 15.3. The fourth-order valence-electron chi connectivity index (χ4n) is 2.97. The molecular weight excluding hydrogens is 371 g/mol. The van der Waals surface area contributed by atoms with Crippen molar-refractivity contribution in [3.05, 3.63) is 91.0 Å². The van der Waals surface area contributed by atoms with Gasteiger partial charge < -0.3 is 0 Å². The van der Waals surface area contributed by atoms with Gasteiger partial charge in [-0.2, -0.15) is 0 Å². The molecule has 0 nitrogen and oxygen atoms in total. The molecule has 0 amide bonds. The minimum atomic E-state index is -3.23. The number of benzene rings is 3. The Morgan fingerprint density at radius 1 is 0.545 bits per heavy atom. The van der Waals surface area contributed by atoms with E-state index in [1.807, 2.05) is 6.92 Å². The van der Waals surface area contributed by atoms with Crippen molar-refractivity contribution >= 4 is 29.1 Å². The molecule has 0 atom stereocenters. The average molecular weight is 389 g/mol. The second kappa shape index (κ2) is 6.85. The van der Waals surface area contributed by atoms with Gasteiger partial charge in [0.15, 0.2) is 0 Å². The van der Waals surface area contributed by atoms with Gasteiger partial charge in [-0.3, -0.25) is 0 Å². The van der Waals surface area contributed by atoms with Gasteiger partial charge in [-0.05, 0) is 0 Å². The third-order valence-electron chi connectivity index (χ3n) is 3.93. The molecule has 0 saturated carbocycles. The van der Waals surface area contributed by atoms with Crippen molar-refractivity contribution in [2.24, 2.45) is 0 Å². The Labute approximate surface area is 136 Å². The Bertz CT molecular complexity index is 684. The van der Waals surface area contributed by atoms with Gasteiger partial charge in [-0.1, -0.05) is 0 Å². The van der Waals surface area contributed by atoms with Crippen LogP contribution in [0.1, 0.15) is 6.92 Å². The summed E-state index contributed by atoms with van der Waals surface area (Å²) in [6, 6.07) is 32.5. The molecule has 0 aliphatic rings. The van der Waals surface area contributed by atoms with E-state index in [2.05, 4.69) is 101 Å². The standard InChI is InChI=1S/3C6H5.C3H3.Sn/c3*1-2-4-6-5-3-1;1-3-2;/h3*1-5H;1H3;. The van der Waals surface area contributed by atoms with Gasteiger partial charge in [0.1, 0.15) is 0 Å². The minimum absolute atomic E-state index is 1.41. The predicted octanol–water partition coefficient (Wildman–Crippen LogP) is 2.72. The molecule has 0 spiro atoms. The predicted molar refractivity (Wildman–Crippen MR) is 97.4 cm³/mol. The molecule has 3 rings (SSSR count). The molecule has 3 aromatic rings. The van der Waals surface area contributed by atoms with Crippen LogP contribution < -0.4 is 10.7 Å². The monoisotopic (exact) mass is 390 g/mol. The van der Waals surface area contributed by atoms with Gasteiger partial charge in [0.25, 0.3) is 0 Å². The van der Waals surface area contributed by atoms with Crippen LogP contribution in [0.5, 0.6) is 0 Å². The van der Waals surface area contributed by atoms with Gasteiger partial charge in [0.05, 0.1) is 0 Å². The summed E-state index contributed by atoms with van der Waals surface area (Å²) in [5.74, 6) is 3.25. The molecule has 0 aromatic heterocycles. The van der Waals surface area contributed by atoms with E-state index in [-0.39, 0.29) is 0 Å². The molecule has 0 bridgehead atoms. The van der Waals surface area contributed by atoms with Gasteiger partial charge >= 0.3 is 137 Å². The summed E-state index contributed by atoms with van der Waals surface area (Å²) in [5.41, 5.74) is 0. The zero-order valence-electron chi connectivity index (χ0n) is 12.7. The molecular formula is C21H18Sn. The van der Waals surface area contributed by atoms with E-state index in [1.165, 1.54) is 10.7 Å². The van der Waals surface area contributed by atoms with E-state index in [0.29, 0.717) is 0 Å². The van der Waals surface area contributed by atoms with E-state index < -0.39 is 18.4 Å². The maximum atomic E-state index is 3.70. The first kappa shape index (κ1) is 14.9. The molecule has 0 aliphatic carbocycles. The van der Waals surface area contributed by atoms with Crippen LogP contribution in [-0.4, -0.2) is 18.4 Å². The third-order valence-corrected chi connectivity index (χ3v) is 16.0. The van der Waals surface area contributed by atoms with Crippen LogP contribution >= 0.6 is 0 Å². The number of hydrogen-bond donors (Lipinski definition) is 0. The molecule has 0 heterocycles. The average Bonchev–Trinajstić information content (AvgIpc) is 2.62. The molecule has 22 heavy (non-hydrogen) atoms. The second-order valence-corrected chi connectivity index (χ2v) is 15.2. The number of hydrogen-bond acceptors (Lipinski definition) is 0. The molecule has 0 fully saturated rings. The molecule has 0 saturated heterocycles. The van der Waals surface area contributed by atoms with E-state index in [1.54, 1.807) is 0 Å². The first-order valence-corrected chi connectivity index (χ1v) is 13.2. The Morgan fingerprint density at radius 2 is 0.864 bits per heavy atom. The summed E-state index contributed by atoms with van der Waals surface area (Å²) in [6.07, 6.45) is 0. The van der Waals surface area contributed by atoms with Crippen molar-refractivity contribution in [2.45, 2.75) is 6.92 Å². The summed E-state index contributed by atoms with van der Waals surface area (Å²) >= 11 is -3.23. The van der Waals surface area contributed by atoms with Crippen LogP contribution in [0.3, 0.4) is 0 Å². The van der Waals surface area contributed by atoms with Crippen LogP contribution in [-0.2, 0) is 0 Å². The van der Waals surface area contributed by atoms with Crippen molar-refractivity contribution < 1.29 is 0 Å². The van der Waals surface area contributed by atoms with Gasteiger partial charge in [-0.15, -0.1) is 0 Å². The summed E-state index contributed by atoms with van der Waals surface area (Å²) in [7, 11) is 0. The topological polar surface area (TPSA) is 0 Å². The van der Waals surface area contributed by atoms with Gasteiger partial charge in [0, 0.05) is 0 Å². The summed E-state index contributed by atoms with van der Waals surface area (Å²) in [4.78, 5) is 0. The molecule has 106 valence electrons. The van der Waals surface area contributed by atoms with E-state index in [0.717, 1.165) is 0 Å². The number of rotatable bonds is 3. The molecule has 3 aromatic carbocycles. The van der Waals surface area contributed by atoms with Crippen molar-refractivity contribution in [1.29, 1.82) is 0 Å². The Hall–Kier alpha value is -1.98.